The predicted octanol–water partition coefficient (Wildman–Crippen LogP) is -1.07. The predicted molar refractivity (Wildman–Crippen MR) is 59.6 cm³/mol. The van der Waals surface area contributed by atoms with Crippen molar-refractivity contribution in [1.29, 1.82) is 0 Å². The van der Waals surface area contributed by atoms with Crippen LogP contribution in [0.2, 0.25) is 0 Å². The highest BCUT2D eigenvalue weighted by molar-refractivity contribution is 4.66. The van der Waals surface area contributed by atoms with Crippen molar-refractivity contribution in [3.63, 3.8) is 0 Å². The van der Waals surface area contributed by atoms with Crippen LogP contribution < -0.4 is 11.1 Å². The second kappa shape index (κ2) is 8.01. The van der Waals surface area contributed by atoms with Crippen LogP contribution in [0, 0.1) is 5.41 Å². The molecule has 15 heavy (non-hydrogen) atoms. The van der Waals surface area contributed by atoms with Crippen LogP contribution in [0.3, 0.4) is 0 Å². The van der Waals surface area contributed by atoms with Gasteiger partial charge >= 0.3 is 0 Å². The molecule has 0 saturated carbocycles. The monoisotopic (exact) mass is 220 g/mol. The van der Waals surface area contributed by atoms with E-state index in [2.05, 4.69) is 5.32 Å². The van der Waals surface area contributed by atoms with Crippen molar-refractivity contribution < 1.29 is 14.9 Å². The van der Waals surface area contributed by atoms with Crippen molar-refractivity contribution in [1.82, 2.24) is 5.32 Å². The van der Waals surface area contributed by atoms with Crippen molar-refractivity contribution in [3.8, 4) is 0 Å². The van der Waals surface area contributed by atoms with E-state index in [1.165, 1.54) is 0 Å². The van der Waals surface area contributed by atoms with Gasteiger partial charge in [0.1, 0.15) is 0 Å². The highest BCUT2D eigenvalue weighted by atomic mass is 16.5. The van der Waals surface area contributed by atoms with Gasteiger partial charge in [-0.25, -0.2) is 0 Å². The molecule has 0 spiro atoms. The first-order valence-corrected chi connectivity index (χ1v) is 5.29. The molecule has 1 atom stereocenters. The molecule has 5 nitrogen and oxygen atoms in total. The van der Waals surface area contributed by atoms with Crippen LogP contribution in [0.4, 0.5) is 0 Å². The molecule has 0 saturated heterocycles. The lowest BCUT2D eigenvalue weighted by Gasteiger charge is -2.22. The van der Waals surface area contributed by atoms with E-state index in [9.17, 15) is 5.11 Å². The Kier molecular flexibility index (Phi) is 7.90. The van der Waals surface area contributed by atoms with E-state index in [-0.39, 0.29) is 18.6 Å². The first kappa shape index (κ1) is 14.8. The first-order chi connectivity index (χ1) is 7.02. The zero-order valence-corrected chi connectivity index (χ0v) is 9.70. The highest BCUT2D eigenvalue weighted by Gasteiger charge is 2.17. The average Bonchev–Trinajstić information content (AvgIpc) is 2.18. The third-order valence-corrected chi connectivity index (χ3v) is 1.93. The molecule has 0 rings (SSSR count). The first-order valence-electron chi connectivity index (χ1n) is 5.29. The van der Waals surface area contributed by atoms with E-state index in [0.29, 0.717) is 26.2 Å². The third-order valence-electron chi connectivity index (χ3n) is 1.93. The summed E-state index contributed by atoms with van der Waals surface area (Å²) in [5.74, 6) is 0. The summed E-state index contributed by atoms with van der Waals surface area (Å²) in [5, 5.41) is 21.4. The molecule has 0 aliphatic heterocycles. The number of nitrogens with one attached hydrogen (secondary N) is 1. The molecule has 0 fully saturated rings. The summed E-state index contributed by atoms with van der Waals surface area (Å²) >= 11 is 0. The van der Waals surface area contributed by atoms with Gasteiger partial charge in [-0.1, -0.05) is 13.8 Å². The summed E-state index contributed by atoms with van der Waals surface area (Å²) < 4.78 is 5.30. The lowest BCUT2D eigenvalue weighted by molar-refractivity contribution is -0.0134. The molecule has 0 aromatic heterocycles. The summed E-state index contributed by atoms with van der Waals surface area (Å²) in [4.78, 5) is 0. The quantitative estimate of drug-likeness (QED) is 0.372. The summed E-state index contributed by atoms with van der Waals surface area (Å²) in [6.07, 6.45) is -0.522. The van der Waals surface area contributed by atoms with Crippen molar-refractivity contribution >= 4 is 0 Å². The standard InChI is InChI=1S/C10H24N2O3/c1-10(2,7-13)8-15-6-9(14)5-12-4-3-11/h9,12-14H,3-8,11H2,1-2H3. The van der Waals surface area contributed by atoms with Gasteiger partial charge in [0.25, 0.3) is 0 Å². The maximum Gasteiger partial charge on any atom is 0.0897 e. The molecule has 0 bridgehead atoms. The molecule has 1 unspecified atom stereocenters. The van der Waals surface area contributed by atoms with E-state index in [4.69, 9.17) is 15.6 Å². The summed E-state index contributed by atoms with van der Waals surface area (Å²) in [7, 11) is 0. The SMILES string of the molecule is CC(C)(CO)COCC(O)CNCCN. The number of hydrogen-bond donors (Lipinski definition) is 4. The van der Waals surface area contributed by atoms with Gasteiger partial charge in [0, 0.05) is 25.0 Å². The molecule has 0 aliphatic rings. The summed E-state index contributed by atoms with van der Waals surface area (Å²) in [6.45, 7) is 6.35. The van der Waals surface area contributed by atoms with Crippen molar-refractivity contribution in [2.45, 2.75) is 20.0 Å². The van der Waals surface area contributed by atoms with Crippen LogP contribution in [0.1, 0.15) is 13.8 Å². The van der Waals surface area contributed by atoms with Gasteiger partial charge in [0.15, 0.2) is 0 Å². The minimum absolute atomic E-state index is 0.0779. The number of aliphatic hydroxyl groups excluding tert-OH is 2. The number of ether oxygens (including phenoxy) is 1. The lowest BCUT2D eigenvalue weighted by atomic mass is 9.97. The fourth-order valence-electron chi connectivity index (χ4n) is 0.947. The largest absolute Gasteiger partial charge is 0.396 e. The Labute approximate surface area is 91.6 Å². The zero-order valence-electron chi connectivity index (χ0n) is 9.70. The number of hydrogen-bond acceptors (Lipinski definition) is 5. The maximum absolute atomic E-state index is 9.45. The Balaban J connectivity index is 3.42. The van der Waals surface area contributed by atoms with E-state index >= 15 is 0 Å². The lowest BCUT2D eigenvalue weighted by Crippen LogP contribution is -2.34. The number of nitrogens with two attached hydrogens (primary N) is 1. The smallest absolute Gasteiger partial charge is 0.0897 e. The van der Waals surface area contributed by atoms with E-state index in [1.54, 1.807) is 0 Å². The molecule has 5 N–H and O–H groups in total. The molecule has 0 heterocycles. The van der Waals surface area contributed by atoms with Gasteiger partial charge in [-0.2, -0.15) is 0 Å². The van der Waals surface area contributed by atoms with Gasteiger partial charge in [-0.3, -0.25) is 0 Å². The second-order valence-electron chi connectivity index (χ2n) is 4.48. The minimum atomic E-state index is -0.522. The van der Waals surface area contributed by atoms with Crippen LogP contribution in [-0.2, 0) is 4.74 Å². The van der Waals surface area contributed by atoms with E-state index in [1.807, 2.05) is 13.8 Å². The van der Waals surface area contributed by atoms with Crippen LogP contribution in [0.15, 0.2) is 0 Å². The van der Waals surface area contributed by atoms with E-state index in [0.717, 1.165) is 0 Å². The van der Waals surface area contributed by atoms with Crippen LogP contribution in [0.5, 0.6) is 0 Å². The van der Waals surface area contributed by atoms with Crippen LogP contribution in [-0.4, -0.2) is 55.8 Å². The Hall–Kier alpha value is -0.200. The van der Waals surface area contributed by atoms with Crippen molar-refractivity contribution in [3.05, 3.63) is 0 Å². The Morgan fingerprint density at radius 2 is 2.13 bits per heavy atom. The zero-order chi connectivity index (χ0) is 11.7. The number of rotatable bonds is 9. The Morgan fingerprint density at radius 3 is 2.67 bits per heavy atom. The molecular weight excluding hydrogens is 196 g/mol. The second-order valence-corrected chi connectivity index (χ2v) is 4.48. The van der Waals surface area contributed by atoms with E-state index < -0.39 is 6.10 Å². The minimum Gasteiger partial charge on any atom is -0.396 e. The Morgan fingerprint density at radius 1 is 1.47 bits per heavy atom. The van der Waals surface area contributed by atoms with Gasteiger partial charge in [-0.05, 0) is 0 Å². The maximum atomic E-state index is 9.45. The molecular formula is C10H24N2O3. The van der Waals surface area contributed by atoms with Crippen molar-refractivity contribution in [2.24, 2.45) is 11.1 Å². The van der Waals surface area contributed by atoms with Crippen molar-refractivity contribution in [2.75, 3.05) is 39.5 Å². The molecule has 92 valence electrons. The molecule has 0 aromatic carbocycles. The average molecular weight is 220 g/mol. The number of aliphatic hydroxyl groups is 2. The fourth-order valence-corrected chi connectivity index (χ4v) is 0.947. The normalized spacial score (nSPS) is 14.2. The molecule has 0 amide bonds. The molecule has 0 aromatic rings. The highest BCUT2D eigenvalue weighted by Crippen LogP contribution is 2.13. The van der Waals surface area contributed by atoms with Gasteiger partial charge in [-0.15, -0.1) is 0 Å². The summed E-state index contributed by atoms with van der Waals surface area (Å²) in [6, 6.07) is 0. The molecule has 0 radical (unpaired) electrons. The van der Waals surface area contributed by atoms with Gasteiger partial charge < -0.3 is 26.0 Å². The fraction of sp³-hybridized carbons (Fsp3) is 1.00. The Bertz CT molecular complexity index is 154. The van der Waals surface area contributed by atoms with Gasteiger partial charge in [0.05, 0.1) is 25.9 Å². The van der Waals surface area contributed by atoms with Crippen LogP contribution >= 0.6 is 0 Å². The molecule has 5 heteroatoms. The molecule has 0 aliphatic carbocycles. The third kappa shape index (κ3) is 8.77. The summed E-state index contributed by atoms with van der Waals surface area (Å²) in [5.41, 5.74) is 5.04. The topological polar surface area (TPSA) is 87.7 Å². The van der Waals surface area contributed by atoms with Crippen LogP contribution in [0.25, 0.3) is 0 Å². The van der Waals surface area contributed by atoms with Gasteiger partial charge in [0.2, 0.25) is 0 Å².